The lowest BCUT2D eigenvalue weighted by Gasteiger charge is -2.48. The standard InChI is InChI=1S/C10H18N2O2/c1-2-14-9(13)12-5-3-10(4-6-12)7-11-8-10/h11H,2-8H2,1H3. The van der Waals surface area contributed by atoms with Crippen molar-refractivity contribution in [2.24, 2.45) is 5.41 Å². The van der Waals surface area contributed by atoms with Crippen molar-refractivity contribution in [2.75, 3.05) is 32.8 Å². The van der Waals surface area contributed by atoms with Gasteiger partial charge in [0, 0.05) is 26.2 Å². The highest BCUT2D eigenvalue weighted by atomic mass is 16.6. The SMILES string of the molecule is CCOC(=O)N1CCC2(CC1)CNC2. The second-order valence-electron chi connectivity index (χ2n) is 4.29. The number of nitrogens with zero attached hydrogens (tertiary/aromatic N) is 1. The lowest BCUT2D eigenvalue weighted by molar-refractivity contribution is 0.0426. The van der Waals surface area contributed by atoms with Crippen molar-refractivity contribution in [3.63, 3.8) is 0 Å². The Morgan fingerprint density at radius 3 is 2.50 bits per heavy atom. The minimum Gasteiger partial charge on any atom is -0.450 e. The molecule has 14 heavy (non-hydrogen) atoms. The average molecular weight is 198 g/mol. The first-order valence-electron chi connectivity index (χ1n) is 5.38. The third kappa shape index (κ3) is 1.71. The van der Waals surface area contributed by atoms with Gasteiger partial charge < -0.3 is 15.0 Å². The van der Waals surface area contributed by atoms with E-state index in [1.165, 1.54) is 0 Å². The van der Waals surface area contributed by atoms with Crippen LogP contribution in [-0.4, -0.2) is 43.8 Å². The predicted octanol–water partition coefficient (Wildman–Crippen LogP) is 0.828. The topological polar surface area (TPSA) is 41.6 Å². The molecule has 0 atom stereocenters. The molecule has 2 heterocycles. The number of hydrogen-bond acceptors (Lipinski definition) is 3. The van der Waals surface area contributed by atoms with E-state index in [0.717, 1.165) is 39.0 Å². The van der Waals surface area contributed by atoms with Gasteiger partial charge in [-0.05, 0) is 25.2 Å². The minimum atomic E-state index is -0.144. The largest absolute Gasteiger partial charge is 0.450 e. The molecule has 0 aromatic carbocycles. The van der Waals surface area contributed by atoms with E-state index in [9.17, 15) is 4.79 Å². The summed E-state index contributed by atoms with van der Waals surface area (Å²) in [7, 11) is 0. The van der Waals surface area contributed by atoms with Crippen LogP contribution in [0.5, 0.6) is 0 Å². The summed E-state index contributed by atoms with van der Waals surface area (Å²) < 4.78 is 4.97. The Kier molecular flexibility index (Phi) is 2.63. The maximum Gasteiger partial charge on any atom is 0.409 e. The van der Waals surface area contributed by atoms with Gasteiger partial charge in [-0.25, -0.2) is 4.79 Å². The number of piperidine rings is 1. The summed E-state index contributed by atoms with van der Waals surface area (Å²) in [6, 6.07) is 0. The van der Waals surface area contributed by atoms with E-state index in [4.69, 9.17) is 4.74 Å². The summed E-state index contributed by atoms with van der Waals surface area (Å²) in [5, 5.41) is 3.31. The van der Waals surface area contributed by atoms with E-state index in [2.05, 4.69) is 5.32 Å². The second kappa shape index (κ2) is 3.77. The maximum atomic E-state index is 11.4. The fourth-order valence-corrected chi connectivity index (χ4v) is 2.21. The Balaban J connectivity index is 1.80. The van der Waals surface area contributed by atoms with Crippen LogP contribution in [0.3, 0.4) is 0 Å². The molecule has 2 rings (SSSR count). The van der Waals surface area contributed by atoms with Gasteiger partial charge in [-0.15, -0.1) is 0 Å². The molecule has 0 aromatic heterocycles. The number of nitrogens with one attached hydrogen (secondary N) is 1. The van der Waals surface area contributed by atoms with E-state index in [-0.39, 0.29) is 6.09 Å². The van der Waals surface area contributed by atoms with E-state index in [1.807, 2.05) is 11.8 Å². The third-order valence-electron chi connectivity index (χ3n) is 3.35. The predicted molar refractivity (Wildman–Crippen MR) is 53.1 cm³/mol. The fourth-order valence-electron chi connectivity index (χ4n) is 2.21. The molecular weight excluding hydrogens is 180 g/mol. The summed E-state index contributed by atoms with van der Waals surface area (Å²) in [6.07, 6.45) is 2.10. The van der Waals surface area contributed by atoms with Crippen LogP contribution in [-0.2, 0) is 4.74 Å². The van der Waals surface area contributed by atoms with E-state index < -0.39 is 0 Å². The van der Waals surface area contributed by atoms with Gasteiger partial charge in [-0.1, -0.05) is 0 Å². The molecule has 0 bridgehead atoms. The van der Waals surface area contributed by atoms with E-state index in [0.29, 0.717) is 12.0 Å². The summed E-state index contributed by atoms with van der Waals surface area (Å²) in [6.45, 7) is 6.30. The maximum absolute atomic E-state index is 11.4. The van der Waals surface area contributed by atoms with E-state index in [1.54, 1.807) is 0 Å². The molecule has 1 spiro atoms. The van der Waals surface area contributed by atoms with Gasteiger partial charge in [-0.3, -0.25) is 0 Å². The Morgan fingerprint density at radius 1 is 1.43 bits per heavy atom. The smallest absolute Gasteiger partial charge is 0.409 e. The number of hydrogen-bond donors (Lipinski definition) is 1. The molecule has 2 saturated heterocycles. The molecule has 2 aliphatic heterocycles. The number of ether oxygens (including phenoxy) is 1. The first-order chi connectivity index (χ1) is 6.76. The Labute approximate surface area is 84.6 Å². The first-order valence-corrected chi connectivity index (χ1v) is 5.38. The van der Waals surface area contributed by atoms with Crippen molar-refractivity contribution < 1.29 is 9.53 Å². The first kappa shape index (κ1) is 9.77. The highest BCUT2D eigenvalue weighted by Gasteiger charge is 2.40. The van der Waals surface area contributed by atoms with Crippen molar-refractivity contribution in [3.8, 4) is 0 Å². The number of amides is 1. The molecule has 0 unspecified atom stereocenters. The van der Waals surface area contributed by atoms with Crippen LogP contribution in [0.1, 0.15) is 19.8 Å². The van der Waals surface area contributed by atoms with Crippen LogP contribution < -0.4 is 5.32 Å². The van der Waals surface area contributed by atoms with Crippen LogP contribution in [0.25, 0.3) is 0 Å². The van der Waals surface area contributed by atoms with Crippen molar-refractivity contribution in [1.82, 2.24) is 10.2 Å². The highest BCUT2D eigenvalue weighted by molar-refractivity contribution is 5.67. The van der Waals surface area contributed by atoms with Crippen LogP contribution in [0.2, 0.25) is 0 Å². The molecule has 0 saturated carbocycles. The molecule has 80 valence electrons. The zero-order chi connectivity index (χ0) is 10.0. The molecule has 0 aromatic rings. The van der Waals surface area contributed by atoms with Gasteiger partial charge in [-0.2, -0.15) is 0 Å². The van der Waals surface area contributed by atoms with Crippen LogP contribution >= 0.6 is 0 Å². The number of carbonyl (C=O) groups excluding carboxylic acids is 1. The molecule has 0 aliphatic carbocycles. The molecule has 2 aliphatic rings. The molecule has 0 radical (unpaired) electrons. The molecule has 4 nitrogen and oxygen atoms in total. The van der Waals surface area contributed by atoms with Gasteiger partial charge in [0.05, 0.1) is 6.61 Å². The van der Waals surface area contributed by atoms with Gasteiger partial charge in [0.1, 0.15) is 0 Å². The van der Waals surface area contributed by atoms with Gasteiger partial charge >= 0.3 is 6.09 Å². The number of rotatable bonds is 1. The third-order valence-corrected chi connectivity index (χ3v) is 3.35. The summed E-state index contributed by atoms with van der Waals surface area (Å²) in [4.78, 5) is 13.2. The Morgan fingerprint density at radius 2 is 2.07 bits per heavy atom. The normalized spacial score (nSPS) is 24.5. The average Bonchev–Trinajstić information content (AvgIpc) is 2.16. The summed E-state index contributed by atoms with van der Waals surface area (Å²) in [5.41, 5.74) is 0.503. The molecule has 4 heteroatoms. The quantitative estimate of drug-likeness (QED) is 0.678. The van der Waals surface area contributed by atoms with Crippen molar-refractivity contribution in [2.45, 2.75) is 19.8 Å². The van der Waals surface area contributed by atoms with Crippen LogP contribution in [0, 0.1) is 5.41 Å². The van der Waals surface area contributed by atoms with Crippen LogP contribution in [0.4, 0.5) is 4.79 Å². The molecular formula is C10H18N2O2. The zero-order valence-corrected chi connectivity index (χ0v) is 8.71. The monoisotopic (exact) mass is 198 g/mol. The molecule has 1 amide bonds. The van der Waals surface area contributed by atoms with Crippen molar-refractivity contribution >= 4 is 6.09 Å². The Bertz CT molecular complexity index is 216. The number of likely N-dealkylation sites (tertiary alicyclic amines) is 1. The van der Waals surface area contributed by atoms with Crippen molar-refractivity contribution in [1.29, 1.82) is 0 Å². The van der Waals surface area contributed by atoms with Crippen LogP contribution in [0.15, 0.2) is 0 Å². The highest BCUT2D eigenvalue weighted by Crippen LogP contribution is 2.34. The van der Waals surface area contributed by atoms with E-state index >= 15 is 0 Å². The lowest BCUT2D eigenvalue weighted by atomic mass is 9.73. The van der Waals surface area contributed by atoms with Gasteiger partial charge in [0.25, 0.3) is 0 Å². The minimum absolute atomic E-state index is 0.144. The number of carbonyl (C=O) groups is 1. The molecule has 2 fully saturated rings. The zero-order valence-electron chi connectivity index (χ0n) is 8.71. The fraction of sp³-hybridized carbons (Fsp3) is 0.900. The summed E-state index contributed by atoms with van der Waals surface area (Å²) in [5.74, 6) is 0. The lowest BCUT2D eigenvalue weighted by Crippen LogP contribution is -2.58. The van der Waals surface area contributed by atoms with Crippen molar-refractivity contribution in [3.05, 3.63) is 0 Å². The second-order valence-corrected chi connectivity index (χ2v) is 4.29. The molecule has 1 N–H and O–H groups in total. The van der Waals surface area contributed by atoms with Gasteiger partial charge in [0.15, 0.2) is 0 Å². The summed E-state index contributed by atoms with van der Waals surface area (Å²) >= 11 is 0. The van der Waals surface area contributed by atoms with Gasteiger partial charge in [0.2, 0.25) is 0 Å². The Hall–Kier alpha value is -0.770.